The lowest BCUT2D eigenvalue weighted by Crippen LogP contribution is -2.54. The van der Waals surface area contributed by atoms with E-state index < -0.39 is 17.1 Å². The minimum Gasteiger partial charge on any atom is -0.469 e. The number of hydrogen-bond donors (Lipinski definition) is 2. The first-order chi connectivity index (χ1) is 10.1. The Hall–Kier alpha value is -2.15. The summed E-state index contributed by atoms with van der Waals surface area (Å²) in [5, 5.41) is 7.34. The van der Waals surface area contributed by atoms with E-state index in [4.69, 9.17) is 4.74 Å². The maximum absolute atomic E-state index is 11.9. The van der Waals surface area contributed by atoms with E-state index >= 15 is 0 Å². The summed E-state index contributed by atoms with van der Waals surface area (Å²) in [6.07, 6.45) is 1.04. The van der Waals surface area contributed by atoms with Gasteiger partial charge in [-0.3, -0.25) is 10.1 Å². The van der Waals surface area contributed by atoms with E-state index in [0.717, 1.165) is 5.56 Å². The molecule has 2 N–H and O–H groups in total. The molecule has 0 radical (unpaired) electrons. The Morgan fingerprint density at radius 1 is 1.33 bits per heavy atom. The molecule has 0 aliphatic carbocycles. The molecule has 0 spiro atoms. The van der Waals surface area contributed by atoms with Gasteiger partial charge < -0.3 is 14.8 Å². The number of rotatable bonds is 5. The van der Waals surface area contributed by atoms with Crippen LogP contribution in [0, 0.1) is 0 Å². The molecule has 1 atom stereocenters. The third kappa shape index (κ3) is 4.42. The number of nitrogens with one attached hydrogen (secondary N) is 2. The molecule has 0 bridgehead atoms. The van der Waals surface area contributed by atoms with Crippen LogP contribution in [0.5, 0.6) is 0 Å². The number of benzene rings is 1. The monoisotopic (exact) mass is 308 g/mol. The predicted molar refractivity (Wildman–Crippen MR) is 79.0 cm³/mol. The number of carbonyl (C=O) groups excluding carboxylic acids is 2. The fraction of sp³-hybridized carbons (Fsp3) is 0.286. The van der Waals surface area contributed by atoms with Crippen LogP contribution in [0.4, 0.5) is 4.79 Å². The molecule has 2 rings (SSSR count). The van der Waals surface area contributed by atoms with Crippen molar-refractivity contribution in [3.8, 4) is 0 Å². The predicted octanol–water partition coefficient (Wildman–Crippen LogP) is 1.94. The molecule has 1 unspecified atom stereocenters. The van der Waals surface area contributed by atoms with Gasteiger partial charge in [0, 0.05) is 6.20 Å². The molecule has 112 valence electrons. The van der Waals surface area contributed by atoms with Crippen LogP contribution >= 0.6 is 11.8 Å². The van der Waals surface area contributed by atoms with Crippen LogP contribution in [0.1, 0.15) is 12.0 Å². The van der Waals surface area contributed by atoms with E-state index in [1.165, 1.54) is 18.9 Å². The van der Waals surface area contributed by atoms with Crippen molar-refractivity contribution < 1.29 is 19.1 Å². The van der Waals surface area contributed by atoms with Crippen LogP contribution in [-0.2, 0) is 20.9 Å². The van der Waals surface area contributed by atoms with Crippen LogP contribution in [0.2, 0.25) is 0 Å². The van der Waals surface area contributed by atoms with Crippen molar-refractivity contribution in [2.45, 2.75) is 18.0 Å². The van der Waals surface area contributed by atoms with Gasteiger partial charge in [0.25, 0.3) is 0 Å². The molecule has 1 heterocycles. The van der Waals surface area contributed by atoms with Gasteiger partial charge in [0.1, 0.15) is 6.61 Å². The summed E-state index contributed by atoms with van der Waals surface area (Å²) in [7, 11) is 1.30. The quantitative estimate of drug-likeness (QED) is 0.810. The standard InChI is InChI=1S/C14H16N2O4S/c1-19-12(17)9-14(15-7-8-21-14)16-13(18)20-10-11-5-3-2-4-6-11/h2-8,15H,9-10H2,1H3,(H,16,18). The number of carbonyl (C=O) groups is 2. The molecule has 0 saturated carbocycles. The Balaban J connectivity index is 1.88. The van der Waals surface area contributed by atoms with E-state index in [-0.39, 0.29) is 13.0 Å². The number of ether oxygens (including phenoxy) is 2. The molecule has 1 amide bonds. The van der Waals surface area contributed by atoms with Gasteiger partial charge in [-0.05, 0) is 11.0 Å². The van der Waals surface area contributed by atoms with E-state index in [2.05, 4.69) is 15.4 Å². The SMILES string of the molecule is COC(=O)CC1(NC(=O)OCc2ccccc2)NC=CS1. The minimum absolute atomic E-state index is 0.0123. The minimum atomic E-state index is -0.957. The summed E-state index contributed by atoms with van der Waals surface area (Å²) in [5.41, 5.74) is 0.889. The molecule has 1 aliphatic rings. The number of thioether (sulfide) groups is 1. The highest BCUT2D eigenvalue weighted by Crippen LogP contribution is 2.29. The smallest absolute Gasteiger partial charge is 0.409 e. The zero-order chi connectivity index (χ0) is 15.1. The van der Waals surface area contributed by atoms with Gasteiger partial charge in [-0.2, -0.15) is 0 Å². The number of alkyl carbamates (subject to hydrolysis) is 1. The van der Waals surface area contributed by atoms with Crippen LogP contribution in [0.25, 0.3) is 0 Å². The van der Waals surface area contributed by atoms with Crippen LogP contribution in [0.3, 0.4) is 0 Å². The maximum atomic E-state index is 11.9. The number of esters is 1. The summed E-state index contributed by atoms with van der Waals surface area (Å²) < 4.78 is 9.78. The molecule has 0 saturated heterocycles. The first kappa shape index (κ1) is 15.2. The lowest BCUT2D eigenvalue weighted by molar-refractivity contribution is -0.141. The second kappa shape index (κ2) is 7.03. The maximum Gasteiger partial charge on any atom is 0.409 e. The van der Waals surface area contributed by atoms with Crippen molar-refractivity contribution in [3.63, 3.8) is 0 Å². The summed E-state index contributed by atoms with van der Waals surface area (Å²) in [4.78, 5) is 22.4. The summed E-state index contributed by atoms with van der Waals surface area (Å²) in [6, 6.07) is 9.35. The average Bonchev–Trinajstić information content (AvgIpc) is 2.94. The van der Waals surface area contributed by atoms with Gasteiger partial charge in [0.05, 0.1) is 13.5 Å². The lowest BCUT2D eigenvalue weighted by Gasteiger charge is -2.28. The van der Waals surface area contributed by atoms with Gasteiger partial charge in [0.15, 0.2) is 4.99 Å². The molecule has 6 nitrogen and oxygen atoms in total. The van der Waals surface area contributed by atoms with Gasteiger partial charge in [0.2, 0.25) is 0 Å². The van der Waals surface area contributed by atoms with Crippen molar-refractivity contribution in [2.75, 3.05) is 7.11 Å². The molecule has 7 heteroatoms. The lowest BCUT2D eigenvalue weighted by atomic mass is 10.2. The van der Waals surface area contributed by atoms with Crippen molar-refractivity contribution in [3.05, 3.63) is 47.5 Å². The van der Waals surface area contributed by atoms with E-state index in [1.807, 2.05) is 30.3 Å². The molecular weight excluding hydrogens is 292 g/mol. The number of hydrogen-bond acceptors (Lipinski definition) is 6. The largest absolute Gasteiger partial charge is 0.469 e. The Kier molecular flexibility index (Phi) is 5.10. The van der Waals surface area contributed by atoms with Crippen molar-refractivity contribution in [2.24, 2.45) is 0 Å². The molecule has 0 fully saturated rings. The van der Waals surface area contributed by atoms with Crippen molar-refractivity contribution in [1.82, 2.24) is 10.6 Å². The first-order valence-electron chi connectivity index (χ1n) is 6.30. The van der Waals surface area contributed by atoms with Crippen LogP contribution in [0.15, 0.2) is 41.9 Å². The van der Waals surface area contributed by atoms with Gasteiger partial charge in [-0.25, -0.2) is 4.79 Å². The third-order valence-electron chi connectivity index (χ3n) is 2.79. The highest BCUT2D eigenvalue weighted by Gasteiger charge is 2.37. The third-order valence-corrected chi connectivity index (χ3v) is 3.83. The summed E-state index contributed by atoms with van der Waals surface area (Å²) >= 11 is 1.28. The average molecular weight is 308 g/mol. The van der Waals surface area contributed by atoms with E-state index in [9.17, 15) is 9.59 Å². The Labute approximate surface area is 126 Å². The molecule has 1 aromatic carbocycles. The van der Waals surface area contributed by atoms with E-state index in [0.29, 0.717) is 0 Å². The fourth-order valence-electron chi connectivity index (χ4n) is 1.75. The van der Waals surface area contributed by atoms with Crippen LogP contribution in [-0.4, -0.2) is 24.2 Å². The zero-order valence-electron chi connectivity index (χ0n) is 11.5. The molecular formula is C14H16N2O4S. The highest BCUT2D eigenvalue weighted by atomic mass is 32.2. The van der Waals surface area contributed by atoms with Crippen molar-refractivity contribution >= 4 is 23.8 Å². The fourth-order valence-corrected chi connectivity index (χ4v) is 2.60. The second-order valence-electron chi connectivity index (χ2n) is 4.33. The number of amides is 1. The Morgan fingerprint density at radius 2 is 2.10 bits per heavy atom. The normalized spacial score (nSPS) is 19.7. The van der Waals surface area contributed by atoms with E-state index in [1.54, 1.807) is 11.6 Å². The molecule has 1 aliphatic heterocycles. The Morgan fingerprint density at radius 3 is 2.71 bits per heavy atom. The first-order valence-corrected chi connectivity index (χ1v) is 7.18. The Bertz CT molecular complexity index is 525. The molecule has 1 aromatic rings. The van der Waals surface area contributed by atoms with Crippen LogP contribution < -0.4 is 10.6 Å². The highest BCUT2D eigenvalue weighted by molar-refractivity contribution is 8.03. The molecule has 0 aromatic heterocycles. The van der Waals surface area contributed by atoms with Gasteiger partial charge in [-0.1, -0.05) is 42.1 Å². The molecule has 21 heavy (non-hydrogen) atoms. The van der Waals surface area contributed by atoms with Gasteiger partial charge in [-0.15, -0.1) is 0 Å². The topological polar surface area (TPSA) is 76.7 Å². The van der Waals surface area contributed by atoms with Gasteiger partial charge >= 0.3 is 12.1 Å². The summed E-state index contributed by atoms with van der Waals surface area (Å²) in [6.45, 7) is 0.166. The number of methoxy groups -OCH3 is 1. The zero-order valence-corrected chi connectivity index (χ0v) is 12.3. The van der Waals surface area contributed by atoms with Crippen molar-refractivity contribution in [1.29, 1.82) is 0 Å². The second-order valence-corrected chi connectivity index (χ2v) is 5.54. The summed E-state index contributed by atoms with van der Waals surface area (Å²) in [5.74, 6) is -0.429.